The molecule has 3 aromatic carbocycles. The number of fused-ring (bicyclic) bond motifs is 1. The van der Waals surface area contributed by atoms with Crippen molar-refractivity contribution in [3.8, 4) is 11.5 Å². The highest BCUT2D eigenvalue weighted by Gasteiger charge is 2.33. The smallest absolute Gasteiger partial charge is 0.338 e. The Hall–Kier alpha value is -5.43. The molecule has 0 saturated carbocycles. The summed E-state index contributed by atoms with van der Waals surface area (Å²) in [5, 5.41) is 22.4. The minimum absolute atomic E-state index is 0.152. The van der Waals surface area contributed by atoms with Crippen LogP contribution in [0.3, 0.4) is 0 Å². The van der Waals surface area contributed by atoms with E-state index >= 15 is 0 Å². The summed E-state index contributed by atoms with van der Waals surface area (Å²) in [6.07, 6.45) is 1.67. The Labute approximate surface area is 241 Å². The molecule has 0 amide bonds. The number of thiazole rings is 1. The van der Waals surface area contributed by atoms with E-state index in [1.54, 1.807) is 44.2 Å². The summed E-state index contributed by atoms with van der Waals surface area (Å²) in [5.74, 6) is -0.435. The molecule has 42 heavy (non-hydrogen) atoms. The molecule has 0 bridgehead atoms. The van der Waals surface area contributed by atoms with E-state index < -0.39 is 33.2 Å². The SMILES string of the molecule is CCOC(=O)C1=C(C)N=c2sc(=Cc3ccc(Oc4ccc([N+](=O)[O-])cc4[N+](=O)[O-])cc3)c(=O)n2C1c1ccccc1. The summed E-state index contributed by atoms with van der Waals surface area (Å²) in [6.45, 7) is 3.61. The largest absolute Gasteiger partial charge is 0.463 e. The van der Waals surface area contributed by atoms with Crippen molar-refractivity contribution in [2.24, 2.45) is 4.99 Å². The highest BCUT2D eigenvalue weighted by atomic mass is 32.1. The molecule has 0 N–H and O–H groups in total. The molecule has 0 saturated heterocycles. The van der Waals surface area contributed by atoms with Crippen LogP contribution in [-0.4, -0.2) is 27.0 Å². The van der Waals surface area contributed by atoms with E-state index in [0.717, 1.165) is 17.7 Å². The fraction of sp³-hybridized carbons (Fsp3) is 0.138. The average Bonchev–Trinajstić information content (AvgIpc) is 3.27. The Morgan fingerprint density at radius 1 is 1.05 bits per heavy atom. The first kappa shape index (κ1) is 28.1. The molecule has 13 heteroatoms. The van der Waals surface area contributed by atoms with Gasteiger partial charge in [0.1, 0.15) is 5.75 Å². The van der Waals surface area contributed by atoms with Crippen LogP contribution in [0, 0.1) is 20.2 Å². The van der Waals surface area contributed by atoms with Crippen LogP contribution in [0.15, 0.2) is 93.9 Å². The lowest BCUT2D eigenvalue weighted by molar-refractivity contribution is -0.394. The molecular formula is C29H22N4O8S. The second-order valence-electron chi connectivity index (χ2n) is 9.05. The average molecular weight is 587 g/mol. The van der Waals surface area contributed by atoms with Gasteiger partial charge in [0.15, 0.2) is 4.80 Å². The van der Waals surface area contributed by atoms with Crippen LogP contribution in [0.5, 0.6) is 11.5 Å². The zero-order valence-corrected chi connectivity index (χ0v) is 23.1. The Kier molecular flexibility index (Phi) is 7.76. The number of nitro groups is 2. The first-order valence-electron chi connectivity index (χ1n) is 12.6. The number of carbonyl (C=O) groups is 1. The van der Waals surface area contributed by atoms with Crippen LogP contribution in [0.4, 0.5) is 11.4 Å². The normalized spacial score (nSPS) is 14.6. The number of rotatable bonds is 8. The molecule has 0 radical (unpaired) electrons. The monoisotopic (exact) mass is 586 g/mol. The van der Waals surface area contributed by atoms with E-state index in [0.29, 0.717) is 26.2 Å². The lowest BCUT2D eigenvalue weighted by Gasteiger charge is -2.24. The molecule has 1 aliphatic heterocycles. The Morgan fingerprint density at radius 3 is 2.40 bits per heavy atom. The van der Waals surface area contributed by atoms with Crippen LogP contribution in [0.1, 0.15) is 31.0 Å². The Balaban J connectivity index is 1.50. The van der Waals surface area contributed by atoms with Crippen molar-refractivity contribution < 1.29 is 24.1 Å². The fourth-order valence-electron chi connectivity index (χ4n) is 4.50. The van der Waals surface area contributed by atoms with Crippen molar-refractivity contribution in [3.05, 3.63) is 135 Å². The molecule has 4 aromatic rings. The van der Waals surface area contributed by atoms with E-state index in [9.17, 15) is 29.8 Å². The molecule has 1 atom stereocenters. The van der Waals surface area contributed by atoms with Gasteiger partial charge < -0.3 is 9.47 Å². The van der Waals surface area contributed by atoms with Gasteiger partial charge in [0.2, 0.25) is 5.75 Å². The van der Waals surface area contributed by atoms with Gasteiger partial charge in [-0.15, -0.1) is 0 Å². The lowest BCUT2D eigenvalue weighted by atomic mass is 9.96. The van der Waals surface area contributed by atoms with Gasteiger partial charge in [-0.05, 0) is 49.2 Å². The van der Waals surface area contributed by atoms with E-state index in [1.165, 1.54) is 22.0 Å². The van der Waals surface area contributed by atoms with Crippen LogP contribution < -0.4 is 19.6 Å². The molecule has 0 aliphatic carbocycles. The third-order valence-corrected chi connectivity index (χ3v) is 7.37. The minimum atomic E-state index is -0.756. The highest BCUT2D eigenvalue weighted by Crippen LogP contribution is 2.34. The number of benzene rings is 3. The molecule has 12 nitrogen and oxygen atoms in total. The number of non-ortho nitro benzene ring substituents is 1. The van der Waals surface area contributed by atoms with E-state index in [2.05, 4.69) is 4.99 Å². The van der Waals surface area contributed by atoms with Crippen molar-refractivity contribution in [1.29, 1.82) is 0 Å². The lowest BCUT2D eigenvalue weighted by Crippen LogP contribution is -2.39. The second kappa shape index (κ2) is 11.6. The molecule has 212 valence electrons. The predicted octanol–water partition coefficient (Wildman–Crippen LogP) is 4.41. The maximum Gasteiger partial charge on any atom is 0.338 e. The third-order valence-electron chi connectivity index (χ3n) is 6.39. The summed E-state index contributed by atoms with van der Waals surface area (Å²) in [5.41, 5.74) is 0.849. The number of carbonyl (C=O) groups excluding carboxylic acids is 1. The van der Waals surface area contributed by atoms with Crippen molar-refractivity contribution >= 4 is 34.8 Å². The maximum atomic E-state index is 13.7. The number of allylic oxidation sites excluding steroid dienone is 1. The predicted molar refractivity (Wildman–Crippen MR) is 153 cm³/mol. The number of nitrogens with zero attached hydrogens (tertiary/aromatic N) is 4. The van der Waals surface area contributed by atoms with Gasteiger partial charge >= 0.3 is 11.7 Å². The van der Waals surface area contributed by atoms with Gasteiger partial charge in [-0.3, -0.25) is 29.6 Å². The number of hydrogen-bond acceptors (Lipinski definition) is 10. The topological polar surface area (TPSA) is 156 Å². The van der Waals surface area contributed by atoms with E-state index in [-0.39, 0.29) is 23.7 Å². The molecule has 1 aromatic heterocycles. The van der Waals surface area contributed by atoms with Crippen LogP contribution in [-0.2, 0) is 9.53 Å². The summed E-state index contributed by atoms with van der Waals surface area (Å²) in [6, 6.07) is 18.0. The first-order chi connectivity index (χ1) is 20.2. The van der Waals surface area contributed by atoms with Crippen molar-refractivity contribution in [1.82, 2.24) is 4.57 Å². The third kappa shape index (κ3) is 5.45. The quantitative estimate of drug-likeness (QED) is 0.167. The fourth-order valence-corrected chi connectivity index (χ4v) is 5.55. The van der Waals surface area contributed by atoms with Gasteiger partial charge in [0, 0.05) is 6.07 Å². The van der Waals surface area contributed by atoms with E-state index in [4.69, 9.17) is 9.47 Å². The highest BCUT2D eigenvalue weighted by molar-refractivity contribution is 7.07. The molecule has 1 aliphatic rings. The Morgan fingerprint density at radius 2 is 1.76 bits per heavy atom. The van der Waals surface area contributed by atoms with Gasteiger partial charge in [-0.25, -0.2) is 9.79 Å². The zero-order valence-electron chi connectivity index (χ0n) is 22.3. The number of esters is 1. The standard InChI is InChI=1S/C29H22N4O8S/c1-3-40-28(35)25-17(2)30-29-31(26(25)19-7-5-4-6-8-19)27(34)24(42-29)15-18-9-12-21(13-10-18)41-23-14-11-20(32(36)37)16-22(23)33(38)39/h4-16,26H,3H2,1-2H3. The molecule has 0 spiro atoms. The zero-order chi connectivity index (χ0) is 30.0. The number of nitro benzene ring substituents is 2. The van der Waals surface area contributed by atoms with Crippen molar-refractivity contribution in [2.45, 2.75) is 19.9 Å². The molecule has 2 heterocycles. The second-order valence-corrected chi connectivity index (χ2v) is 10.1. The Bertz CT molecular complexity index is 1930. The molecular weight excluding hydrogens is 564 g/mol. The van der Waals surface area contributed by atoms with Crippen LogP contribution in [0.25, 0.3) is 6.08 Å². The maximum absolute atomic E-state index is 13.7. The van der Waals surface area contributed by atoms with Gasteiger partial charge in [-0.2, -0.15) is 0 Å². The summed E-state index contributed by atoms with van der Waals surface area (Å²) in [7, 11) is 0. The van der Waals surface area contributed by atoms with Crippen molar-refractivity contribution in [2.75, 3.05) is 6.61 Å². The van der Waals surface area contributed by atoms with Gasteiger partial charge in [-0.1, -0.05) is 53.8 Å². The molecule has 0 fully saturated rings. The van der Waals surface area contributed by atoms with Crippen molar-refractivity contribution in [3.63, 3.8) is 0 Å². The minimum Gasteiger partial charge on any atom is -0.463 e. The van der Waals surface area contributed by atoms with Gasteiger partial charge in [0.25, 0.3) is 11.2 Å². The molecule has 5 rings (SSSR count). The number of ether oxygens (including phenoxy) is 2. The van der Waals surface area contributed by atoms with Gasteiger partial charge in [0.05, 0.1) is 44.4 Å². The number of aromatic nitrogens is 1. The van der Waals surface area contributed by atoms with E-state index in [1.807, 2.05) is 30.3 Å². The first-order valence-corrected chi connectivity index (χ1v) is 13.4. The van der Waals surface area contributed by atoms with Crippen LogP contribution >= 0.6 is 11.3 Å². The number of hydrogen-bond donors (Lipinski definition) is 0. The summed E-state index contributed by atoms with van der Waals surface area (Å²) < 4.78 is 12.8. The summed E-state index contributed by atoms with van der Waals surface area (Å²) in [4.78, 5) is 52.5. The van der Waals surface area contributed by atoms with Crippen LogP contribution in [0.2, 0.25) is 0 Å². The summed E-state index contributed by atoms with van der Waals surface area (Å²) >= 11 is 1.18. The molecule has 1 unspecified atom stereocenters.